The minimum atomic E-state index is -1.08. The molecule has 0 aromatic heterocycles. The highest BCUT2D eigenvalue weighted by Gasteiger charge is 2.19. The second-order valence-corrected chi connectivity index (χ2v) is 6.45. The maximum Gasteiger partial charge on any atom is 0.344 e. The number of carbonyl (C=O) groups excluding carboxylic acids is 2. The Morgan fingerprint density at radius 1 is 1.07 bits per heavy atom. The number of rotatable bonds is 6. The Morgan fingerprint density at radius 3 is 2.57 bits per heavy atom. The summed E-state index contributed by atoms with van der Waals surface area (Å²) in [5, 5.41) is 4.57. The van der Waals surface area contributed by atoms with E-state index in [0.29, 0.717) is 5.75 Å². The van der Waals surface area contributed by atoms with Gasteiger partial charge in [-0.3, -0.25) is 4.79 Å². The van der Waals surface area contributed by atoms with Crippen molar-refractivity contribution in [1.82, 2.24) is 0 Å². The van der Waals surface area contributed by atoms with Crippen molar-refractivity contribution >= 4 is 39.9 Å². The summed E-state index contributed by atoms with van der Waals surface area (Å²) in [5.74, 6) is -1.28. The summed E-state index contributed by atoms with van der Waals surface area (Å²) in [6.45, 7) is 1.08. The van der Waals surface area contributed by atoms with Crippen LogP contribution < -0.4 is 10.1 Å². The van der Waals surface area contributed by atoms with Crippen molar-refractivity contribution in [2.24, 2.45) is 0 Å². The lowest BCUT2D eigenvalue weighted by molar-refractivity contribution is -0.155. The van der Waals surface area contributed by atoms with Crippen LogP contribution in [-0.2, 0) is 14.3 Å². The van der Waals surface area contributed by atoms with Crippen molar-refractivity contribution in [3.63, 3.8) is 0 Å². The van der Waals surface area contributed by atoms with E-state index in [4.69, 9.17) is 21.1 Å². The summed E-state index contributed by atoms with van der Waals surface area (Å²) in [7, 11) is 0. The zero-order chi connectivity index (χ0) is 20.1. The summed E-state index contributed by atoms with van der Waals surface area (Å²) >= 11 is 5.86. The van der Waals surface area contributed by atoms with Gasteiger partial charge < -0.3 is 14.8 Å². The van der Waals surface area contributed by atoms with Gasteiger partial charge in [0.2, 0.25) is 0 Å². The van der Waals surface area contributed by atoms with Crippen molar-refractivity contribution in [1.29, 1.82) is 0 Å². The molecule has 0 aliphatic carbocycles. The number of halogens is 2. The van der Waals surface area contributed by atoms with Crippen molar-refractivity contribution in [3.8, 4) is 5.75 Å². The van der Waals surface area contributed by atoms with Crippen LogP contribution in [-0.4, -0.2) is 24.6 Å². The molecule has 0 fully saturated rings. The maximum atomic E-state index is 13.0. The van der Waals surface area contributed by atoms with Crippen molar-refractivity contribution in [2.45, 2.75) is 13.0 Å². The highest BCUT2D eigenvalue weighted by atomic mass is 35.5. The number of hydrogen-bond donors (Lipinski definition) is 1. The number of hydrogen-bond acceptors (Lipinski definition) is 4. The first-order valence-corrected chi connectivity index (χ1v) is 8.87. The van der Waals surface area contributed by atoms with Crippen LogP contribution in [0.15, 0.2) is 60.7 Å². The van der Waals surface area contributed by atoms with E-state index < -0.39 is 23.8 Å². The second-order valence-electron chi connectivity index (χ2n) is 6.04. The summed E-state index contributed by atoms with van der Waals surface area (Å²) in [6, 6.07) is 16.8. The van der Waals surface area contributed by atoms with E-state index in [1.54, 1.807) is 6.07 Å². The van der Waals surface area contributed by atoms with Gasteiger partial charge in [-0.15, -0.1) is 0 Å². The maximum absolute atomic E-state index is 13.0. The van der Waals surface area contributed by atoms with Crippen LogP contribution in [0.3, 0.4) is 0 Å². The largest absolute Gasteiger partial charge is 0.482 e. The van der Waals surface area contributed by atoms with Gasteiger partial charge in [0, 0.05) is 0 Å². The van der Waals surface area contributed by atoms with Crippen LogP contribution in [0.4, 0.5) is 10.1 Å². The first-order chi connectivity index (χ1) is 13.4. The van der Waals surface area contributed by atoms with E-state index in [0.717, 1.165) is 22.9 Å². The van der Waals surface area contributed by atoms with Gasteiger partial charge in [0.15, 0.2) is 12.7 Å². The molecule has 0 saturated carbocycles. The Bertz CT molecular complexity index is 1020. The Labute approximate surface area is 166 Å². The van der Waals surface area contributed by atoms with Crippen LogP contribution in [0.5, 0.6) is 5.75 Å². The summed E-state index contributed by atoms with van der Waals surface area (Å²) in [4.78, 5) is 24.1. The monoisotopic (exact) mass is 401 g/mol. The number of carbonyl (C=O) groups is 2. The molecule has 3 aromatic rings. The molecule has 0 heterocycles. The average molecular weight is 402 g/mol. The number of ether oxygens (including phenoxy) is 2. The topological polar surface area (TPSA) is 64.6 Å². The van der Waals surface area contributed by atoms with Crippen LogP contribution in [0.2, 0.25) is 5.02 Å². The predicted octanol–water partition coefficient (Wildman–Crippen LogP) is 4.58. The van der Waals surface area contributed by atoms with Crippen LogP contribution in [0.1, 0.15) is 6.92 Å². The molecule has 144 valence electrons. The number of esters is 1. The molecule has 5 nitrogen and oxygen atoms in total. The predicted molar refractivity (Wildman–Crippen MR) is 105 cm³/mol. The summed E-state index contributed by atoms with van der Waals surface area (Å²) < 4.78 is 23.5. The Hall–Kier alpha value is -3.12. The van der Waals surface area contributed by atoms with Gasteiger partial charge in [0.25, 0.3) is 5.91 Å². The molecule has 1 atom stereocenters. The molecule has 0 unspecified atom stereocenters. The summed E-state index contributed by atoms with van der Waals surface area (Å²) in [6.07, 6.45) is -1.08. The Morgan fingerprint density at radius 2 is 1.82 bits per heavy atom. The quantitative estimate of drug-likeness (QED) is 0.614. The fourth-order valence-corrected chi connectivity index (χ4v) is 2.72. The molecule has 0 aliphatic heterocycles. The molecular formula is C21H17ClFNO4. The van der Waals surface area contributed by atoms with E-state index in [1.807, 2.05) is 36.4 Å². The zero-order valence-electron chi connectivity index (χ0n) is 14.9. The lowest BCUT2D eigenvalue weighted by Crippen LogP contribution is -2.31. The third kappa shape index (κ3) is 4.98. The average Bonchev–Trinajstić information content (AvgIpc) is 2.68. The molecule has 3 rings (SSSR count). The molecule has 3 aromatic carbocycles. The third-order valence-electron chi connectivity index (χ3n) is 3.94. The van der Waals surface area contributed by atoms with Gasteiger partial charge in [-0.1, -0.05) is 41.9 Å². The van der Waals surface area contributed by atoms with Gasteiger partial charge in [0.1, 0.15) is 11.6 Å². The number of benzene rings is 3. The van der Waals surface area contributed by atoms with E-state index in [9.17, 15) is 14.0 Å². The molecule has 0 spiro atoms. The molecule has 1 amide bonds. The number of amides is 1. The van der Waals surface area contributed by atoms with Gasteiger partial charge in [0.05, 0.1) is 10.7 Å². The van der Waals surface area contributed by atoms with Gasteiger partial charge in [-0.25, -0.2) is 9.18 Å². The number of nitrogens with one attached hydrogen (secondary N) is 1. The van der Waals surface area contributed by atoms with Crippen molar-refractivity contribution in [3.05, 3.63) is 71.5 Å². The minimum absolute atomic E-state index is 0.0477. The van der Waals surface area contributed by atoms with E-state index >= 15 is 0 Å². The Kier molecular flexibility index (Phi) is 6.11. The van der Waals surface area contributed by atoms with Gasteiger partial charge >= 0.3 is 5.97 Å². The fourth-order valence-electron chi connectivity index (χ4n) is 2.51. The van der Waals surface area contributed by atoms with Crippen molar-refractivity contribution < 1.29 is 23.5 Å². The molecule has 0 bridgehead atoms. The molecule has 1 N–H and O–H groups in total. The van der Waals surface area contributed by atoms with E-state index in [1.165, 1.54) is 13.0 Å². The van der Waals surface area contributed by atoms with Crippen molar-refractivity contribution in [2.75, 3.05) is 11.9 Å². The molecular weight excluding hydrogens is 385 g/mol. The minimum Gasteiger partial charge on any atom is -0.482 e. The van der Waals surface area contributed by atoms with Gasteiger partial charge in [-0.2, -0.15) is 0 Å². The van der Waals surface area contributed by atoms with E-state index in [2.05, 4.69) is 5.32 Å². The molecule has 0 saturated heterocycles. The van der Waals surface area contributed by atoms with Crippen LogP contribution >= 0.6 is 11.6 Å². The lowest BCUT2D eigenvalue weighted by Gasteiger charge is -2.14. The molecule has 0 aliphatic rings. The first-order valence-electron chi connectivity index (χ1n) is 8.49. The van der Waals surface area contributed by atoms with Gasteiger partial charge in [-0.05, 0) is 48.0 Å². The van der Waals surface area contributed by atoms with Crippen LogP contribution in [0, 0.1) is 5.82 Å². The normalized spacial score (nSPS) is 11.7. The highest BCUT2D eigenvalue weighted by molar-refractivity contribution is 6.33. The zero-order valence-corrected chi connectivity index (χ0v) is 15.7. The molecule has 7 heteroatoms. The SMILES string of the molecule is C[C@@H](OC(=O)COc1ccc2ccccc2c1)C(=O)Nc1ccc(F)cc1Cl. The van der Waals surface area contributed by atoms with Crippen LogP contribution in [0.25, 0.3) is 10.8 Å². The number of fused-ring (bicyclic) bond motifs is 1. The van der Waals surface area contributed by atoms with E-state index in [-0.39, 0.29) is 17.3 Å². The smallest absolute Gasteiger partial charge is 0.344 e. The first kappa shape index (κ1) is 19.6. The highest BCUT2D eigenvalue weighted by Crippen LogP contribution is 2.23. The third-order valence-corrected chi connectivity index (χ3v) is 4.26. The molecule has 0 radical (unpaired) electrons. The fraction of sp³-hybridized carbons (Fsp3) is 0.143. The standard InChI is InChI=1S/C21H17ClFNO4/c1-13(21(26)24-19-9-7-16(23)11-18(19)22)28-20(25)12-27-17-8-6-14-4-2-3-5-15(14)10-17/h2-11,13H,12H2,1H3,(H,24,26)/t13-/m1/s1. The lowest BCUT2D eigenvalue weighted by atomic mass is 10.1. The summed E-state index contributed by atoms with van der Waals surface area (Å²) in [5.41, 5.74) is 0.225. The Balaban J connectivity index is 1.52. The number of anilines is 1. The second kappa shape index (κ2) is 8.71. The molecule has 28 heavy (non-hydrogen) atoms.